The Morgan fingerprint density at radius 1 is 1.04 bits per heavy atom. The lowest BCUT2D eigenvalue weighted by atomic mass is 9.74. The lowest BCUT2D eigenvalue weighted by molar-refractivity contribution is 0.0515. The van der Waals surface area contributed by atoms with Gasteiger partial charge in [0.2, 0.25) is 0 Å². The fraction of sp³-hybridized carbons (Fsp3) is 0.500. The molecular formula is C24H30BrClN2. The van der Waals surface area contributed by atoms with Gasteiger partial charge in [-0.15, -0.1) is 0 Å². The summed E-state index contributed by atoms with van der Waals surface area (Å²) in [5.41, 5.74) is 4.18. The minimum absolute atomic E-state index is 0.668. The Morgan fingerprint density at radius 2 is 1.82 bits per heavy atom. The normalized spacial score (nSPS) is 25.4. The quantitative estimate of drug-likeness (QED) is 0.562. The molecule has 0 amide bonds. The maximum atomic E-state index is 6.38. The van der Waals surface area contributed by atoms with Gasteiger partial charge >= 0.3 is 0 Å². The first-order valence-corrected chi connectivity index (χ1v) is 11.7. The van der Waals surface area contributed by atoms with Crippen LogP contribution < -0.4 is 5.32 Å². The van der Waals surface area contributed by atoms with Crippen LogP contribution in [-0.2, 0) is 6.54 Å². The standard InChI is InChI=1S/C24H30BrClN2/c1-17-4-7-19(8-5-17)20-14-22(15-20)28(21-3-2-11-27-12-10-21)16-18-6-9-23(25)24(26)13-18/h4-9,13,20-22,27H,2-3,10-12,14-16H2,1H3. The average molecular weight is 462 g/mol. The molecule has 0 aromatic heterocycles. The lowest BCUT2D eigenvalue weighted by Gasteiger charge is -2.47. The number of rotatable bonds is 5. The predicted octanol–water partition coefficient (Wildman–Crippen LogP) is 6.30. The highest BCUT2D eigenvalue weighted by atomic mass is 79.9. The van der Waals surface area contributed by atoms with E-state index < -0.39 is 0 Å². The zero-order valence-corrected chi connectivity index (χ0v) is 19.0. The molecule has 2 aliphatic rings. The molecule has 1 aliphatic carbocycles. The second-order valence-electron chi connectivity index (χ2n) is 8.49. The Labute approximate surface area is 182 Å². The topological polar surface area (TPSA) is 15.3 Å². The first-order chi connectivity index (χ1) is 13.6. The van der Waals surface area contributed by atoms with Gasteiger partial charge in [-0.3, -0.25) is 4.90 Å². The van der Waals surface area contributed by atoms with Crippen LogP contribution in [0.4, 0.5) is 0 Å². The molecule has 2 nitrogen and oxygen atoms in total. The minimum Gasteiger partial charge on any atom is -0.317 e. The summed E-state index contributed by atoms with van der Waals surface area (Å²) in [6.07, 6.45) is 6.36. The Morgan fingerprint density at radius 3 is 2.57 bits per heavy atom. The highest BCUT2D eigenvalue weighted by Crippen LogP contribution is 2.42. The molecular weight excluding hydrogens is 432 g/mol. The van der Waals surface area contributed by atoms with Crippen molar-refractivity contribution in [2.24, 2.45) is 0 Å². The molecule has 0 bridgehead atoms. The number of halogens is 2. The zero-order valence-electron chi connectivity index (χ0n) is 16.6. The maximum Gasteiger partial charge on any atom is 0.0551 e. The van der Waals surface area contributed by atoms with E-state index in [1.54, 1.807) is 0 Å². The molecule has 1 N–H and O–H groups in total. The highest BCUT2D eigenvalue weighted by Gasteiger charge is 2.37. The molecule has 150 valence electrons. The van der Waals surface area contributed by atoms with Crippen LogP contribution in [0.3, 0.4) is 0 Å². The molecule has 1 aliphatic heterocycles. The Hall–Kier alpha value is -0.870. The van der Waals surface area contributed by atoms with Crippen molar-refractivity contribution < 1.29 is 0 Å². The largest absolute Gasteiger partial charge is 0.317 e. The monoisotopic (exact) mass is 460 g/mol. The highest BCUT2D eigenvalue weighted by molar-refractivity contribution is 9.10. The van der Waals surface area contributed by atoms with Gasteiger partial charge in [0.1, 0.15) is 0 Å². The van der Waals surface area contributed by atoms with Crippen LogP contribution in [0.5, 0.6) is 0 Å². The van der Waals surface area contributed by atoms with Crippen molar-refractivity contribution in [1.82, 2.24) is 10.2 Å². The van der Waals surface area contributed by atoms with Crippen molar-refractivity contribution in [2.45, 2.75) is 63.6 Å². The van der Waals surface area contributed by atoms with Gasteiger partial charge in [-0.25, -0.2) is 0 Å². The molecule has 1 atom stereocenters. The van der Waals surface area contributed by atoms with Gasteiger partial charge < -0.3 is 5.32 Å². The molecule has 4 heteroatoms. The molecule has 0 spiro atoms. The van der Waals surface area contributed by atoms with Gasteiger partial charge in [0, 0.05) is 23.1 Å². The Bertz CT molecular complexity index is 778. The molecule has 2 fully saturated rings. The van der Waals surface area contributed by atoms with E-state index in [1.807, 2.05) is 0 Å². The number of nitrogens with one attached hydrogen (secondary N) is 1. The van der Waals surface area contributed by atoms with Crippen molar-refractivity contribution in [3.8, 4) is 0 Å². The second kappa shape index (κ2) is 9.30. The number of benzene rings is 2. The van der Waals surface area contributed by atoms with Gasteiger partial charge in [-0.05, 0) is 97.2 Å². The third-order valence-corrected chi connectivity index (χ3v) is 7.73. The fourth-order valence-electron chi connectivity index (χ4n) is 4.71. The summed E-state index contributed by atoms with van der Waals surface area (Å²) in [6, 6.07) is 16.9. The Kier molecular flexibility index (Phi) is 6.78. The van der Waals surface area contributed by atoms with Crippen LogP contribution in [0.25, 0.3) is 0 Å². The molecule has 28 heavy (non-hydrogen) atoms. The van der Waals surface area contributed by atoms with Gasteiger partial charge in [-0.1, -0.05) is 47.5 Å². The summed E-state index contributed by atoms with van der Waals surface area (Å²) in [5.74, 6) is 0.713. The first-order valence-electron chi connectivity index (χ1n) is 10.6. The van der Waals surface area contributed by atoms with Crippen LogP contribution in [-0.4, -0.2) is 30.1 Å². The average Bonchev–Trinajstić information content (AvgIpc) is 2.93. The summed E-state index contributed by atoms with van der Waals surface area (Å²) in [4.78, 5) is 2.79. The van der Waals surface area contributed by atoms with E-state index in [0.29, 0.717) is 18.0 Å². The second-order valence-corrected chi connectivity index (χ2v) is 9.75. The molecule has 1 heterocycles. The lowest BCUT2D eigenvalue weighted by Crippen LogP contribution is -2.49. The first kappa shape index (κ1) is 20.4. The number of aryl methyl sites for hydroxylation is 1. The predicted molar refractivity (Wildman–Crippen MR) is 122 cm³/mol. The molecule has 1 unspecified atom stereocenters. The van der Waals surface area contributed by atoms with Gasteiger partial charge in [0.15, 0.2) is 0 Å². The van der Waals surface area contributed by atoms with Crippen LogP contribution in [0, 0.1) is 6.92 Å². The summed E-state index contributed by atoms with van der Waals surface area (Å²) in [5, 5.41) is 4.38. The van der Waals surface area contributed by atoms with Crippen LogP contribution in [0.1, 0.15) is 54.7 Å². The molecule has 4 rings (SSSR count). The van der Waals surface area contributed by atoms with E-state index in [-0.39, 0.29) is 0 Å². The van der Waals surface area contributed by atoms with Crippen molar-refractivity contribution in [3.63, 3.8) is 0 Å². The SMILES string of the molecule is Cc1ccc(C2CC(N(Cc3ccc(Br)c(Cl)c3)C3CCCNCC3)C2)cc1. The molecule has 1 saturated heterocycles. The van der Waals surface area contributed by atoms with E-state index in [2.05, 4.69) is 75.5 Å². The van der Waals surface area contributed by atoms with Crippen molar-refractivity contribution >= 4 is 27.5 Å². The smallest absolute Gasteiger partial charge is 0.0551 e. The van der Waals surface area contributed by atoms with E-state index in [4.69, 9.17) is 11.6 Å². The van der Waals surface area contributed by atoms with Crippen molar-refractivity contribution in [1.29, 1.82) is 0 Å². The fourth-order valence-corrected chi connectivity index (χ4v) is 5.16. The van der Waals surface area contributed by atoms with E-state index in [0.717, 1.165) is 29.1 Å². The molecule has 0 radical (unpaired) electrons. The third-order valence-electron chi connectivity index (χ3n) is 6.49. The number of nitrogens with zero attached hydrogens (tertiary/aromatic N) is 1. The van der Waals surface area contributed by atoms with Crippen molar-refractivity contribution in [3.05, 3.63) is 68.7 Å². The third kappa shape index (κ3) is 4.81. The molecule has 2 aromatic rings. The van der Waals surface area contributed by atoms with E-state index in [9.17, 15) is 0 Å². The van der Waals surface area contributed by atoms with Crippen LogP contribution >= 0.6 is 27.5 Å². The van der Waals surface area contributed by atoms with Gasteiger partial charge in [-0.2, -0.15) is 0 Å². The number of hydrogen-bond donors (Lipinski definition) is 1. The van der Waals surface area contributed by atoms with Gasteiger partial charge in [0.05, 0.1) is 5.02 Å². The number of hydrogen-bond acceptors (Lipinski definition) is 2. The summed E-state index contributed by atoms with van der Waals surface area (Å²) in [7, 11) is 0. The van der Waals surface area contributed by atoms with Crippen LogP contribution in [0.2, 0.25) is 5.02 Å². The van der Waals surface area contributed by atoms with E-state index >= 15 is 0 Å². The maximum absolute atomic E-state index is 6.38. The van der Waals surface area contributed by atoms with Gasteiger partial charge in [0.25, 0.3) is 0 Å². The summed E-state index contributed by atoms with van der Waals surface area (Å²) in [6.45, 7) is 5.46. The minimum atomic E-state index is 0.668. The summed E-state index contributed by atoms with van der Waals surface area (Å²) >= 11 is 9.90. The van der Waals surface area contributed by atoms with E-state index in [1.165, 1.54) is 48.8 Å². The summed E-state index contributed by atoms with van der Waals surface area (Å²) < 4.78 is 0.978. The Balaban J connectivity index is 1.48. The molecule has 1 saturated carbocycles. The zero-order chi connectivity index (χ0) is 19.5. The van der Waals surface area contributed by atoms with Crippen LogP contribution in [0.15, 0.2) is 46.9 Å². The molecule has 2 aromatic carbocycles. The van der Waals surface area contributed by atoms with Crippen molar-refractivity contribution in [2.75, 3.05) is 13.1 Å².